The topological polar surface area (TPSA) is 0 Å². The Kier molecular flexibility index (Phi) is 5.09. The van der Waals surface area contributed by atoms with Crippen LogP contribution in [0.2, 0.25) is 0 Å². The smallest absolute Gasteiger partial charge is 0.0250 e. The van der Waals surface area contributed by atoms with Gasteiger partial charge in [0.05, 0.1) is 0 Å². The second kappa shape index (κ2) is 6.83. The molecule has 0 aromatic heterocycles. The fourth-order valence-corrected chi connectivity index (χ4v) is 3.24. The van der Waals surface area contributed by atoms with Crippen LogP contribution in [-0.4, -0.2) is 0 Å². The van der Waals surface area contributed by atoms with Gasteiger partial charge in [-0.15, -0.1) is 0 Å². The van der Waals surface area contributed by atoms with E-state index >= 15 is 0 Å². The normalized spacial score (nSPS) is 26.2. The summed E-state index contributed by atoms with van der Waals surface area (Å²) in [4.78, 5) is 0. The van der Waals surface area contributed by atoms with Crippen LogP contribution in [0, 0.1) is 11.8 Å². The average molecular weight is 230 g/mol. The first kappa shape index (κ1) is 12.7. The third kappa shape index (κ3) is 4.18. The molecule has 0 atom stereocenters. The molecule has 0 heteroatoms. The molecule has 0 nitrogen and oxygen atoms in total. The molecule has 0 aliphatic heterocycles. The highest BCUT2D eigenvalue weighted by Crippen LogP contribution is 2.29. The van der Waals surface area contributed by atoms with Gasteiger partial charge >= 0.3 is 0 Å². The number of rotatable bonds is 3. The van der Waals surface area contributed by atoms with Crippen LogP contribution < -0.4 is 0 Å². The van der Waals surface area contributed by atoms with Gasteiger partial charge in [-0.05, 0) is 23.8 Å². The van der Waals surface area contributed by atoms with Gasteiger partial charge in [-0.25, -0.2) is 0 Å². The summed E-state index contributed by atoms with van der Waals surface area (Å²) in [6.07, 6.45) is 11.5. The standard InChI is InChI=1S/C17H26/c1-2-15-10-6-12-17(13-7-11-15)14-16-8-4-3-5-9-16/h3-5,8-9,15,17H,2,6-7,10-14H2,1H3. The Balaban J connectivity index is 1.82. The van der Waals surface area contributed by atoms with Crippen molar-refractivity contribution in [2.24, 2.45) is 11.8 Å². The number of benzene rings is 1. The first-order chi connectivity index (χ1) is 8.38. The molecule has 1 saturated carbocycles. The summed E-state index contributed by atoms with van der Waals surface area (Å²) in [6.45, 7) is 2.35. The average Bonchev–Trinajstić information content (AvgIpc) is 2.34. The largest absolute Gasteiger partial charge is 0.0651 e. The molecule has 0 unspecified atom stereocenters. The molecule has 1 aromatic carbocycles. The predicted octanol–water partition coefficient (Wildman–Crippen LogP) is 5.23. The zero-order chi connectivity index (χ0) is 11.9. The van der Waals surface area contributed by atoms with Crippen molar-refractivity contribution in [2.75, 3.05) is 0 Å². The van der Waals surface area contributed by atoms with Crippen LogP contribution in [0.1, 0.15) is 57.4 Å². The fourth-order valence-electron chi connectivity index (χ4n) is 3.24. The monoisotopic (exact) mass is 230 g/mol. The van der Waals surface area contributed by atoms with Gasteiger partial charge in [0.1, 0.15) is 0 Å². The number of hydrogen-bond donors (Lipinski definition) is 0. The molecule has 2 rings (SSSR count). The minimum absolute atomic E-state index is 0.940. The second-order valence-electron chi connectivity index (χ2n) is 5.69. The maximum atomic E-state index is 2.35. The van der Waals surface area contributed by atoms with E-state index in [1.54, 1.807) is 0 Å². The zero-order valence-corrected chi connectivity index (χ0v) is 11.2. The third-order valence-corrected chi connectivity index (χ3v) is 4.39. The third-order valence-electron chi connectivity index (χ3n) is 4.39. The number of hydrogen-bond acceptors (Lipinski definition) is 0. The van der Waals surface area contributed by atoms with Crippen LogP contribution in [0.4, 0.5) is 0 Å². The second-order valence-corrected chi connectivity index (χ2v) is 5.69. The minimum Gasteiger partial charge on any atom is -0.0651 e. The molecule has 1 fully saturated rings. The molecule has 0 spiro atoms. The lowest BCUT2D eigenvalue weighted by molar-refractivity contribution is 0.310. The van der Waals surface area contributed by atoms with E-state index in [9.17, 15) is 0 Å². The Labute approximate surface area is 106 Å². The van der Waals surface area contributed by atoms with E-state index in [0.717, 1.165) is 11.8 Å². The van der Waals surface area contributed by atoms with Crippen LogP contribution in [0.15, 0.2) is 30.3 Å². The summed E-state index contributed by atoms with van der Waals surface area (Å²) in [6, 6.07) is 11.0. The van der Waals surface area contributed by atoms with Crippen LogP contribution in [-0.2, 0) is 6.42 Å². The fraction of sp³-hybridized carbons (Fsp3) is 0.647. The Morgan fingerprint density at radius 2 is 1.47 bits per heavy atom. The van der Waals surface area contributed by atoms with E-state index in [1.165, 1.54) is 56.9 Å². The summed E-state index contributed by atoms with van der Waals surface area (Å²) >= 11 is 0. The highest BCUT2D eigenvalue weighted by Gasteiger charge is 2.15. The molecule has 1 aromatic rings. The van der Waals surface area contributed by atoms with Crippen molar-refractivity contribution in [3.8, 4) is 0 Å². The summed E-state index contributed by atoms with van der Waals surface area (Å²) in [7, 11) is 0. The highest BCUT2D eigenvalue weighted by atomic mass is 14.2. The van der Waals surface area contributed by atoms with Crippen LogP contribution in [0.25, 0.3) is 0 Å². The SMILES string of the molecule is CCC1CCCC(Cc2ccccc2)CCC1. The van der Waals surface area contributed by atoms with Crippen LogP contribution in [0.5, 0.6) is 0 Å². The molecule has 0 heterocycles. The van der Waals surface area contributed by atoms with Crippen molar-refractivity contribution < 1.29 is 0 Å². The van der Waals surface area contributed by atoms with Gasteiger partial charge < -0.3 is 0 Å². The first-order valence-electron chi connectivity index (χ1n) is 7.42. The molecular formula is C17H26. The molecule has 0 amide bonds. The Morgan fingerprint density at radius 3 is 2.06 bits per heavy atom. The summed E-state index contributed by atoms with van der Waals surface area (Å²) in [5.41, 5.74) is 1.53. The van der Waals surface area contributed by atoms with Gasteiger partial charge in [0.2, 0.25) is 0 Å². The van der Waals surface area contributed by atoms with Crippen molar-refractivity contribution in [2.45, 2.75) is 58.3 Å². The maximum absolute atomic E-state index is 2.35. The quantitative estimate of drug-likeness (QED) is 0.667. The first-order valence-corrected chi connectivity index (χ1v) is 7.42. The molecule has 0 N–H and O–H groups in total. The lowest BCUT2D eigenvalue weighted by Gasteiger charge is -2.24. The zero-order valence-electron chi connectivity index (χ0n) is 11.2. The van der Waals surface area contributed by atoms with Crippen molar-refractivity contribution in [3.05, 3.63) is 35.9 Å². The van der Waals surface area contributed by atoms with Gasteiger partial charge in [-0.1, -0.05) is 82.2 Å². The molecule has 1 aliphatic carbocycles. The van der Waals surface area contributed by atoms with Gasteiger partial charge in [0, 0.05) is 0 Å². The Morgan fingerprint density at radius 1 is 0.882 bits per heavy atom. The molecule has 17 heavy (non-hydrogen) atoms. The van der Waals surface area contributed by atoms with Crippen molar-refractivity contribution in [3.63, 3.8) is 0 Å². The van der Waals surface area contributed by atoms with Gasteiger partial charge in [0.25, 0.3) is 0 Å². The molecule has 94 valence electrons. The van der Waals surface area contributed by atoms with E-state index in [1.807, 2.05) is 0 Å². The Hall–Kier alpha value is -0.780. The van der Waals surface area contributed by atoms with Crippen molar-refractivity contribution in [1.82, 2.24) is 0 Å². The van der Waals surface area contributed by atoms with Gasteiger partial charge in [-0.3, -0.25) is 0 Å². The maximum Gasteiger partial charge on any atom is -0.0250 e. The van der Waals surface area contributed by atoms with E-state index < -0.39 is 0 Å². The molecule has 0 radical (unpaired) electrons. The summed E-state index contributed by atoms with van der Waals surface area (Å²) in [5, 5.41) is 0. The van der Waals surface area contributed by atoms with Gasteiger partial charge in [0.15, 0.2) is 0 Å². The lowest BCUT2D eigenvalue weighted by Crippen LogP contribution is -2.11. The minimum atomic E-state index is 0.940. The molecule has 0 bridgehead atoms. The van der Waals surface area contributed by atoms with E-state index in [0.29, 0.717) is 0 Å². The van der Waals surface area contributed by atoms with Crippen LogP contribution in [0.3, 0.4) is 0 Å². The summed E-state index contributed by atoms with van der Waals surface area (Å²) in [5.74, 6) is 1.96. The Bertz CT molecular complexity index is 291. The van der Waals surface area contributed by atoms with Crippen molar-refractivity contribution in [1.29, 1.82) is 0 Å². The highest BCUT2D eigenvalue weighted by molar-refractivity contribution is 5.15. The molecular weight excluding hydrogens is 204 g/mol. The van der Waals surface area contributed by atoms with E-state index in [4.69, 9.17) is 0 Å². The van der Waals surface area contributed by atoms with Gasteiger partial charge in [-0.2, -0.15) is 0 Å². The molecule has 1 aliphatic rings. The lowest BCUT2D eigenvalue weighted by atomic mass is 9.82. The van der Waals surface area contributed by atoms with E-state index in [-0.39, 0.29) is 0 Å². The van der Waals surface area contributed by atoms with Crippen molar-refractivity contribution >= 4 is 0 Å². The molecule has 0 saturated heterocycles. The predicted molar refractivity (Wildman–Crippen MR) is 75.1 cm³/mol. The summed E-state index contributed by atoms with van der Waals surface area (Å²) < 4.78 is 0. The van der Waals surface area contributed by atoms with Crippen LogP contribution >= 0.6 is 0 Å². The van der Waals surface area contributed by atoms with E-state index in [2.05, 4.69) is 37.3 Å².